The van der Waals surface area contributed by atoms with Crippen LogP contribution >= 0.6 is 0 Å². The van der Waals surface area contributed by atoms with Crippen molar-refractivity contribution < 1.29 is 14.0 Å². The molecule has 1 fully saturated rings. The van der Waals surface area contributed by atoms with Gasteiger partial charge in [0.25, 0.3) is 6.47 Å². The van der Waals surface area contributed by atoms with E-state index < -0.39 is 8.32 Å². The van der Waals surface area contributed by atoms with Crippen LogP contribution in [0.5, 0.6) is 0 Å². The molecule has 1 atom stereocenters. The lowest BCUT2D eigenvalue weighted by Gasteiger charge is -2.36. The van der Waals surface area contributed by atoms with Crippen molar-refractivity contribution in [3.8, 4) is 0 Å². The predicted molar refractivity (Wildman–Crippen MR) is 94.4 cm³/mol. The maximum atomic E-state index is 10.2. The number of carbonyl (C=O) groups is 1. The predicted octanol–water partition coefficient (Wildman–Crippen LogP) is 5.08. The van der Waals surface area contributed by atoms with Gasteiger partial charge in [0.15, 0.2) is 8.32 Å². The molecule has 0 bridgehead atoms. The molecule has 0 N–H and O–H groups in total. The summed E-state index contributed by atoms with van der Waals surface area (Å²) >= 11 is 0. The fourth-order valence-corrected chi connectivity index (χ4v) is 3.86. The van der Waals surface area contributed by atoms with Crippen LogP contribution in [-0.2, 0) is 14.0 Å². The molecule has 3 nitrogen and oxygen atoms in total. The van der Waals surface area contributed by atoms with Gasteiger partial charge in [-0.25, -0.2) is 0 Å². The fourth-order valence-electron chi connectivity index (χ4n) is 2.78. The van der Waals surface area contributed by atoms with Gasteiger partial charge in [0.2, 0.25) is 0 Å². The minimum absolute atomic E-state index is 0.287. The minimum Gasteiger partial charge on any atom is -0.464 e. The van der Waals surface area contributed by atoms with Crippen molar-refractivity contribution in [1.82, 2.24) is 0 Å². The average molecular weight is 327 g/mol. The van der Waals surface area contributed by atoms with Gasteiger partial charge in [0.1, 0.15) is 6.61 Å². The molecule has 0 spiro atoms. The molecule has 0 radical (unpaired) electrons. The molecule has 128 valence electrons. The maximum absolute atomic E-state index is 10.2. The van der Waals surface area contributed by atoms with Crippen molar-refractivity contribution >= 4 is 14.8 Å². The second kappa shape index (κ2) is 8.87. The highest BCUT2D eigenvalue weighted by Crippen LogP contribution is 2.37. The van der Waals surface area contributed by atoms with Gasteiger partial charge in [-0.3, -0.25) is 4.79 Å². The van der Waals surface area contributed by atoms with Crippen molar-refractivity contribution in [1.29, 1.82) is 0 Å². The molecule has 0 aliphatic heterocycles. The highest BCUT2D eigenvalue weighted by atomic mass is 28.4. The van der Waals surface area contributed by atoms with Gasteiger partial charge in [-0.2, -0.15) is 0 Å². The van der Waals surface area contributed by atoms with Crippen molar-refractivity contribution in [3.63, 3.8) is 0 Å². The Morgan fingerprint density at radius 2 is 2.00 bits per heavy atom. The average Bonchev–Trinajstić information content (AvgIpc) is 2.44. The second-order valence-corrected chi connectivity index (χ2v) is 12.7. The SMILES string of the molecule is CC(C)(C)[Si](C)(C)OCCCC1CCCCC1=CCOC=O. The number of ether oxygens (including phenoxy) is 1. The van der Waals surface area contributed by atoms with Crippen LogP contribution in [0.15, 0.2) is 11.6 Å². The van der Waals surface area contributed by atoms with Crippen LogP contribution in [0.4, 0.5) is 0 Å². The van der Waals surface area contributed by atoms with E-state index in [9.17, 15) is 4.79 Å². The largest absolute Gasteiger partial charge is 0.464 e. The zero-order valence-corrected chi connectivity index (χ0v) is 16.1. The lowest BCUT2D eigenvalue weighted by Crippen LogP contribution is -2.41. The van der Waals surface area contributed by atoms with Crippen LogP contribution in [0, 0.1) is 5.92 Å². The monoisotopic (exact) mass is 326 g/mol. The summed E-state index contributed by atoms with van der Waals surface area (Å²) in [6.45, 7) is 13.3. The van der Waals surface area contributed by atoms with Gasteiger partial charge in [-0.15, -0.1) is 0 Å². The molecule has 1 aliphatic carbocycles. The summed E-state index contributed by atoms with van der Waals surface area (Å²) in [6.07, 6.45) is 9.46. The van der Waals surface area contributed by atoms with Crippen LogP contribution in [-0.4, -0.2) is 28.0 Å². The summed E-state index contributed by atoms with van der Waals surface area (Å²) in [6, 6.07) is 0. The number of hydrogen-bond acceptors (Lipinski definition) is 3. The molecule has 0 aromatic heterocycles. The van der Waals surface area contributed by atoms with Crippen LogP contribution in [0.3, 0.4) is 0 Å². The third kappa shape index (κ3) is 6.25. The molecular formula is C18H34O3Si. The van der Waals surface area contributed by atoms with Crippen molar-refractivity contribution in [3.05, 3.63) is 11.6 Å². The molecule has 0 saturated heterocycles. The van der Waals surface area contributed by atoms with E-state index in [1.807, 2.05) is 0 Å². The third-order valence-corrected chi connectivity index (χ3v) is 9.81. The Labute approximate surface area is 137 Å². The number of allylic oxidation sites excluding steroid dienone is 1. The quantitative estimate of drug-likeness (QED) is 0.270. The zero-order chi connectivity index (χ0) is 16.6. The fraction of sp³-hybridized carbons (Fsp3) is 0.833. The molecule has 1 aliphatic rings. The van der Waals surface area contributed by atoms with E-state index in [0.29, 0.717) is 19.0 Å². The summed E-state index contributed by atoms with van der Waals surface area (Å²) < 4.78 is 11.1. The number of rotatable bonds is 8. The molecule has 4 heteroatoms. The first kappa shape index (κ1) is 19.4. The van der Waals surface area contributed by atoms with Gasteiger partial charge >= 0.3 is 0 Å². The molecule has 22 heavy (non-hydrogen) atoms. The smallest absolute Gasteiger partial charge is 0.293 e. The molecule has 1 saturated carbocycles. The van der Waals surface area contributed by atoms with E-state index in [2.05, 4.69) is 39.9 Å². The summed E-state index contributed by atoms with van der Waals surface area (Å²) in [4.78, 5) is 10.2. The first-order valence-corrected chi connectivity index (χ1v) is 11.6. The van der Waals surface area contributed by atoms with Gasteiger partial charge in [-0.1, -0.05) is 32.8 Å². The zero-order valence-electron chi connectivity index (χ0n) is 15.1. The van der Waals surface area contributed by atoms with Crippen molar-refractivity contribution in [2.24, 2.45) is 5.92 Å². The molecule has 0 aromatic carbocycles. The van der Waals surface area contributed by atoms with Gasteiger partial charge < -0.3 is 9.16 Å². The lowest BCUT2D eigenvalue weighted by atomic mass is 9.81. The first-order chi connectivity index (χ1) is 10.3. The van der Waals surface area contributed by atoms with E-state index >= 15 is 0 Å². The summed E-state index contributed by atoms with van der Waals surface area (Å²) in [5, 5.41) is 0.287. The Bertz CT molecular complexity index is 369. The normalized spacial score (nSPS) is 21.9. The van der Waals surface area contributed by atoms with Crippen LogP contribution in [0.2, 0.25) is 18.1 Å². The Kier molecular flexibility index (Phi) is 7.84. The summed E-state index contributed by atoms with van der Waals surface area (Å²) in [7, 11) is -1.61. The minimum atomic E-state index is -1.61. The Morgan fingerprint density at radius 3 is 2.64 bits per heavy atom. The van der Waals surface area contributed by atoms with E-state index in [4.69, 9.17) is 9.16 Å². The molecule has 0 amide bonds. The Balaban J connectivity index is 2.38. The van der Waals surface area contributed by atoms with Crippen molar-refractivity contribution in [2.75, 3.05) is 13.2 Å². The second-order valence-electron chi connectivity index (χ2n) is 7.90. The van der Waals surface area contributed by atoms with Gasteiger partial charge in [0.05, 0.1) is 0 Å². The first-order valence-electron chi connectivity index (χ1n) is 8.66. The highest BCUT2D eigenvalue weighted by Gasteiger charge is 2.36. The van der Waals surface area contributed by atoms with Gasteiger partial charge in [0, 0.05) is 6.61 Å². The van der Waals surface area contributed by atoms with E-state index in [-0.39, 0.29) is 5.04 Å². The van der Waals surface area contributed by atoms with Crippen LogP contribution in [0.25, 0.3) is 0 Å². The van der Waals surface area contributed by atoms with Crippen LogP contribution < -0.4 is 0 Å². The van der Waals surface area contributed by atoms with E-state index in [0.717, 1.165) is 19.4 Å². The lowest BCUT2D eigenvalue weighted by molar-refractivity contribution is -0.127. The molecular weight excluding hydrogens is 292 g/mol. The van der Waals surface area contributed by atoms with Crippen molar-refractivity contribution in [2.45, 2.75) is 77.4 Å². The van der Waals surface area contributed by atoms with Crippen LogP contribution in [0.1, 0.15) is 59.3 Å². The molecule has 0 heterocycles. The number of carbonyl (C=O) groups excluding carboxylic acids is 1. The summed E-state index contributed by atoms with van der Waals surface area (Å²) in [5.41, 5.74) is 1.49. The number of hydrogen-bond donors (Lipinski definition) is 0. The third-order valence-electron chi connectivity index (χ3n) is 5.27. The Hall–Kier alpha value is -0.613. The Morgan fingerprint density at radius 1 is 1.27 bits per heavy atom. The standard InChI is InChI=1S/C18H34O3Si/c1-18(2,3)22(4,5)21-13-8-11-16-9-6-7-10-17(16)12-14-20-15-19/h12,15-16H,6-11,13-14H2,1-5H3. The summed E-state index contributed by atoms with van der Waals surface area (Å²) in [5.74, 6) is 0.659. The topological polar surface area (TPSA) is 35.5 Å². The van der Waals surface area contributed by atoms with E-state index in [1.54, 1.807) is 0 Å². The van der Waals surface area contributed by atoms with Gasteiger partial charge in [-0.05, 0) is 62.2 Å². The van der Waals surface area contributed by atoms with E-state index in [1.165, 1.54) is 31.3 Å². The molecule has 1 rings (SSSR count). The molecule has 0 aromatic rings. The maximum Gasteiger partial charge on any atom is 0.293 e. The molecule has 1 unspecified atom stereocenters. The highest BCUT2D eigenvalue weighted by molar-refractivity contribution is 6.74.